The van der Waals surface area contributed by atoms with Crippen molar-refractivity contribution in [1.82, 2.24) is 14.7 Å². The molecule has 1 fully saturated rings. The Morgan fingerprint density at radius 3 is 3.10 bits per heavy atom. The first-order valence-electron chi connectivity index (χ1n) is 7.55. The van der Waals surface area contributed by atoms with Gasteiger partial charge in [-0.05, 0) is 37.9 Å². The highest BCUT2D eigenvalue weighted by atomic mass is 32.2. The number of hydrogen-bond acceptors (Lipinski definition) is 3. The molecular formula is C16H23N3S. The first-order chi connectivity index (χ1) is 9.78. The summed E-state index contributed by atoms with van der Waals surface area (Å²) in [6.45, 7) is 3.25. The van der Waals surface area contributed by atoms with Gasteiger partial charge in [-0.1, -0.05) is 25.8 Å². The normalized spacial score (nSPS) is 23.3. The monoisotopic (exact) mass is 289 g/mol. The van der Waals surface area contributed by atoms with Gasteiger partial charge in [-0.25, -0.2) is 4.98 Å². The van der Waals surface area contributed by atoms with Crippen LogP contribution in [0.25, 0.3) is 5.65 Å². The maximum Gasteiger partial charge on any atom is 0.138 e. The largest absolute Gasteiger partial charge is 0.314 e. The SMILES string of the molecule is CNCc1c(SC2CCCC(C)C2)nc2ccccn12. The first kappa shape index (κ1) is 14.0. The molecule has 0 aliphatic heterocycles. The van der Waals surface area contributed by atoms with E-state index in [0.717, 1.165) is 23.4 Å². The Balaban J connectivity index is 1.87. The molecule has 1 N–H and O–H groups in total. The van der Waals surface area contributed by atoms with E-state index in [4.69, 9.17) is 4.98 Å². The molecule has 0 aromatic carbocycles. The lowest BCUT2D eigenvalue weighted by Gasteiger charge is -2.25. The van der Waals surface area contributed by atoms with Crippen LogP contribution in [0.1, 0.15) is 38.3 Å². The van der Waals surface area contributed by atoms with Crippen molar-refractivity contribution in [2.24, 2.45) is 5.92 Å². The second kappa shape index (κ2) is 6.19. The summed E-state index contributed by atoms with van der Waals surface area (Å²) in [4.78, 5) is 4.84. The van der Waals surface area contributed by atoms with Crippen LogP contribution in [-0.2, 0) is 6.54 Å². The van der Waals surface area contributed by atoms with E-state index in [0.29, 0.717) is 0 Å². The lowest BCUT2D eigenvalue weighted by Crippen LogP contribution is -2.16. The zero-order chi connectivity index (χ0) is 13.9. The van der Waals surface area contributed by atoms with Gasteiger partial charge in [0.1, 0.15) is 10.7 Å². The Bertz CT molecular complexity index is 578. The molecule has 0 bridgehead atoms. The maximum absolute atomic E-state index is 4.84. The van der Waals surface area contributed by atoms with E-state index in [1.165, 1.54) is 36.4 Å². The summed E-state index contributed by atoms with van der Waals surface area (Å²) in [5.41, 5.74) is 2.36. The van der Waals surface area contributed by atoms with Crippen molar-refractivity contribution < 1.29 is 0 Å². The molecule has 0 radical (unpaired) electrons. The molecule has 20 heavy (non-hydrogen) atoms. The van der Waals surface area contributed by atoms with Crippen LogP contribution in [0.5, 0.6) is 0 Å². The lowest BCUT2D eigenvalue weighted by molar-refractivity contribution is 0.394. The van der Waals surface area contributed by atoms with E-state index < -0.39 is 0 Å². The average molecular weight is 289 g/mol. The summed E-state index contributed by atoms with van der Waals surface area (Å²) in [6.07, 6.45) is 7.54. The summed E-state index contributed by atoms with van der Waals surface area (Å²) in [6, 6.07) is 6.22. The number of hydrogen-bond donors (Lipinski definition) is 1. The van der Waals surface area contributed by atoms with Crippen LogP contribution in [0.2, 0.25) is 0 Å². The smallest absolute Gasteiger partial charge is 0.138 e. The molecule has 3 rings (SSSR count). The third-order valence-electron chi connectivity index (χ3n) is 4.10. The van der Waals surface area contributed by atoms with Gasteiger partial charge >= 0.3 is 0 Å². The summed E-state index contributed by atoms with van der Waals surface area (Å²) >= 11 is 1.99. The van der Waals surface area contributed by atoms with Crippen LogP contribution in [0.15, 0.2) is 29.4 Å². The number of thioether (sulfide) groups is 1. The minimum absolute atomic E-state index is 0.735. The molecule has 2 aromatic heterocycles. The van der Waals surface area contributed by atoms with E-state index >= 15 is 0 Å². The van der Waals surface area contributed by atoms with Crippen molar-refractivity contribution >= 4 is 17.4 Å². The van der Waals surface area contributed by atoms with E-state index in [9.17, 15) is 0 Å². The van der Waals surface area contributed by atoms with Gasteiger partial charge in [0.15, 0.2) is 0 Å². The van der Waals surface area contributed by atoms with Crippen molar-refractivity contribution in [1.29, 1.82) is 0 Å². The summed E-state index contributed by atoms with van der Waals surface area (Å²) in [5.74, 6) is 0.867. The first-order valence-corrected chi connectivity index (χ1v) is 8.43. The number of nitrogens with zero attached hydrogens (tertiary/aromatic N) is 2. The third-order valence-corrected chi connectivity index (χ3v) is 5.41. The molecule has 2 unspecified atom stereocenters. The molecule has 3 nitrogen and oxygen atoms in total. The Hall–Kier alpha value is -1.00. The fraction of sp³-hybridized carbons (Fsp3) is 0.562. The van der Waals surface area contributed by atoms with Crippen LogP contribution >= 0.6 is 11.8 Å². The third kappa shape index (κ3) is 2.86. The Morgan fingerprint density at radius 2 is 2.30 bits per heavy atom. The van der Waals surface area contributed by atoms with E-state index in [1.807, 2.05) is 18.8 Å². The number of nitrogens with one attached hydrogen (secondary N) is 1. The molecule has 2 heterocycles. The number of aromatic nitrogens is 2. The van der Waals surface area contributed by atoms with Gasteiger partial charge in [0.05, 0.1) is 5.69 Å². The van der Waals surface area contributed by atoms with E-state index in [1.54, 1.807) is 0 Å². The average Bonchev–Trinajstić information content (AvgIpc) is 2.77. The molecule has 0 amide bonds. The molecule has 1 saturated carbocycles. The van der Waals surface area contributed by atoms with Crippen molar-refractivity contribution in [2.45, 2.75) is 49.4 Å². The summed E-state index contributed by atoms with van der Waals surface area (Å²) in [7, 11) is 2.00. The van der Waals surface area contributed by atoms with Crippen molar-refractivity contribution in [3.05, 3.63) is 30.1 Å². The molecule has 0 saturated heterocycles. The van der Waals surface area contributed by atoms with Crippen LogP contribution in [0.3, 0.4) is 0 Å². The minimum atomic E-state index is 0.735. The van der Waals surface area contributed by atoms with Gasteiger partial charge in [0, 0.05) is 18.0 Å². The second-order valence-electron chi connectivity index (χ2n) is 5.83. The maximum atomic E-state index is 4.84. The number of pyridine rings is 1. The van der Waals surface area contributed by atoms with Gasteiger partial charge in [-0.15, -0.1) is 11.8 Å². The fourth-order valence-electron chi connectivity index (χ4n) is 3.09. The van der Waals surface area contributed by atoms with Crippen molar-refractivity contribution in [3.63, 3.8) is 0 Å². The molecular weight excluding hydrogens is 266 g/mol. The van der Waals surface area contributed by atoms with Gasteiger partial charge < -0.3 is 9.72 Å². The molecule has 1 aliphatic carbocycles. The standard InChI is InChI=1S/C16H23N3S/c1-12-6-5-7-13(10-12)20-16-14(11-17-2)19-9-4-3-8-15(19)18-16/h3-4,8-9,12-13,17H,5-7,10-11H2,1-2H3. The molecule has 1 aliphatic rings. The second-order valence-corrected chi connectivity index (χ2v) is 7.12. The van der Waals surface area contributed by atoms with Crippen molar-refractivity contribution in [2.75, 3.05) is 7.05 Å². The van der Waals surface area contributed by atoms with E-state index in [-0.39, 0.29) is 0 Å². The summed E-state index contributed by atoms with van der Waals surface area (Å²) in [5, 5.41) is 5.22. The molecule has 0 spiro atoms. The minimum Gasteiger partial charge on any atom is -0.314 e. The summed E-state index contributed by atoms with van der Waals surface area (Å²) < 4.78 is 2.21. The molecule has 2 atom stereocenters. The highest BCUT2D eigenvalue weighted by molar-refractivity contribution is 7.99. The highest BCUT2D eigenvalue weighted by Gasteiger charge is 2.22. The predicted molar refractivity (Wildman–Crippen MR) is 85.2 cm³/mol. The molecule has 4 heteroatoms. The fourth-order valence-corrected chi connectivity index (χ4v) is 4.57. The number of rotatable bonds is 4. The van der Waals surface area contributed by atoms with Crippen LogP contribution in [-0.4, -0.2) is 21.7 Å². The molecule has 108 valence electrons. The predicted octanol–water partition coefficient (Wildman–Crippen LogP) is 3.72. The van der Waals surface area contributed by atoms with Gasteiger partial charge in [0.2, 0.25) is 0 Å². The zero-order valence-electron chi connectivity index (χ0n) is 12.3. The van der Waals surface area contributed by atoms with Crippen LogP contribution < -0.4 is 5.32 Å². The van der Waals surface area contributed by atoms with Gasteiger partial charge in [-0.2, -0.15) is 0 Å². The van der Waals surface area contributed by atoms with Crippen LogP contribution in [0, 0.1) is 5.92 Å². The van der Waals surface area contributed by atoms with Gasteiger partial charge in [0.25, 0.3) is 0 Å². The van der Waals surface area contributed by atoms with Crippen molar-refractivity contribution in [3.8, 4) is 0 Å². The lowest BCUT2D eigenvalue weighted by atomic mass is 9.91. The Morgan fingerprint density at radius 1 is 1.40 bits per heavy atom. The highest BCUT2D eigenvalue weighted by Crippen LogP contribution is 2.37. The topological polar surface area (TPSA) is 29.3 Å². The molecule has 2 aromatic rings. The van der Waals surface area contributed by atoms with Gasteiger partial charge in [-0.3, -0.25) is 0 Å². The quantitative estimate of drug-likeness (QED) is 0.930. The number of imidazole rings is 1. The van der Waals surface area contributed by atoms with E-state index in [2.05, 4.69) is 41.0 Å². The Kier molecular flexibility index (Phi) is 4.32. The number of fused-ring (bicyclic) bond motifs is 1. The van der Waals surface area contributed by atoms with Crippen LogP contribution in [0.4, 0.5) is 0 Å². The zero-order valence-corrected chi connectivity index (χ0v) is 13.1. The Labute approximate surface area is 125 Å².